The molecule has 2 bridgehead atoms. The summed E-state index contributed by atoms with van der Waals surface area (Å²) in [6.07, 6.45) is 4.73. The Morgan fingerprint density at radius 1 is 1.30 bits per heavy atom. The zero-order valence-electron chi connectivity index (χ0n) is 11.5. The van der Waals surface area contributed by atoms with E-state index in [1.165, 1.54) is 21.3 Å². The van der Waals surface area contributed by atoms with Gasteiger partial charge in [-0.05, 0) is 6.08 Å². The third kappa shape index (κ3) is 1.40. The summed E-state index contributed by atoms with van der Waals surface area (Å²) in [7, 11) is 4.10. The van der Waals surface area contributed by atoms with Gasteiger partial charge in [0.05, 0.1) is 25.2 Å². The number of allylic oxidation sites excluding steroid dienone is 1. The van der Waals surface area contributed by atoms with E-state index in [2.05, 4.69) is 0 Å². The number of rotatable bonds is 3. The Bertz CT molecular complexity index is 516. The van der Waals surface area contributed by atoms with Gasteiger partial charge >= 0.3 is 5.97 Å². The van der Waals surface area contributed by atoms with Crippen molar-refractivity contribution in [3.63, 3.8) is 0 Å². The first-order valence-corrected chi connectivity index (χ1v) is 6.37. The summed E-state index contributed by atoms with van der Waals surface area (Å²) >= 11 is 0. The molecule has 4 rings (SSSR count). The fraction of sp³-hybridized carbons (Fsp3) is 0.571. The van der Waals surface area contributed by atoms with Crippen LogP contribution in [0.15, 0.2) is 24.0 Å². The quantitative estimate of drug-likeness (QED) is 0.551. The van der Waals surface area contributed by atoms with Crippen molar-refractivity contribution in [1.82, 2.24) is 0 Å². The summed E-state index contributed by atoms with van der Waals surface area (Å²) in [5, 5.41) is 0. The molecule has 0 aromatic heterocycles. The second-order valence-electron chi connectivity index (χ2n) is 5.06. The van der Waals surface area contributed by atoms with Crippen LogP contribution in [0.25, 0.3) is 0 Å². The molecule has 1 heterocycles. The molecular weight excluding hydrogens is 264 g/mol. The lowest BCUT2D eigenvalue weighted by atomic mass is 9.60. The van der Waals surface area contributed by atoms with E-state index in [0.29, 0.717) is 5.57 Å². The van der Waals surface area contributed by atoms with Crippen LogP contribution < -0.4 is 0 Å². The van der Waals surface area contributed by atoms with Crippen LogP contribution in [0.3, 0.4) is 0 Å². The normalized spacial score (nSPS) is 36.4. The maximum absolute atomic E-state index is 12.6. The smallest absolute Gasteiger partial charge is 0.334 e. The molecule has 0 spiro atoms. The molecule has 0 N–H and O–H groups in total. The van der Waals surface area contributed by atoms with Gasteiger partial charge in [-0.2, -0.15) is 0 Å². The predicted octanol–water partition coefficient (Wildman–Crippen LogP) is 0.432. The number of carbonyl (C=O) groups is 2. The first kappa shape index (κ1) is 13.3. The summed E-state index contributed by atoms with van der Waals surface area (Å²) in [6, 6.07) is 0. The highest BCUT2D eigenvalue weighted by Gasteiger charge is 2.66. The van der Waals surface area contributed by atoms with Crippen molar-refractivity contribution in [1.29, 1.82) is 0 Å². The zero-order valence-corrected chi connectivity index (χ0v) is 11.5. The third-order valence-corrected chi connectivity index (χ3v) is 4.44. The number of ketones is 1. The summed E-state index contributed by atoms with van der Waals surface area (Å²) < 4.78 is 21.1. The fourth-order valence-electron chi connectivity index (χ4n) is 3.55. The van der Waals surface area contributed by atoms with Crippen molar-refractivity contribution in [3.8, 4) is 0 Å². The van der Waals surface area contributed by atoms with E-state index in [1.54, 1.807) is 12.3 Å². The van der Waals surface area contributed by atoms with Gasteiger partial charge in [0, 0.05) is 25.7 Å². The topological polar surface area (TPSA) is 71.1 Å². The Hall–Kier alpha value is -1.66. The van der Waals surface area contributed by atoms with Crippen LogP contribution in [0.2, 0.25) is 0 Å². The van der Waals surface area contributed by atoms with Gasteiger partial charge in [-0.15, -0.1) is 0 Å². The van der Waals surface area contributed by atoms with E-state index in [9.17, 15) is 9.59 Å². The van der Waals surface area contributed by atoms with Crippen LogP contribution in [0.1, 0.15) is 0 Å². The molecule has 4 aliphatic rings. The van der Waals surface area contributed by atoms with Gasteiger partial charge in [0.25, 0.3) is 0 Å². The molecular formula is C14H16O6. The minimum absolute atomic E-state index is 0.0840. The zero-order chi connectivity index (χ0) is 14.5. The summed E-state index contributed by atoms with van der Waals surface area (Å²) in [5.41, 5.74) is 0.380. The molecule has 3 aliphatic carbocycles. The van der Waals surface area contributed by atoms with E-state index >= 15 is 0 Å². The number of hydrogen-bond donors (Lipinski definition) is 0. The maximum atomic E-state index is 12.6. The van der Waals surface area contributed by atoms with Crippen molar-refractivity contribution in [2.45, 2.75) is 11.9 Å². The lowest BCUT2D eigenvalue weighted by Gasteiger charge is -2.51. The van der Waals surface area contributed by atoms with Crippen molar-refractivity contribution >= 4 is 11.8 Å². The molecule has 0 aromatic rings. The average molecular weight is 280 g/mol. The predicted molar refractivity (Wildman–Crippen MR) is 66.3 cm³/mol. The van der Waals surface area contributed by atoms with Gasteiger partial charge < -0.3 is 18.9 Å². The van der Waals surface area contributed by atoms with Gasteiger partial charge in [-0.1, -0.05) is 6.08 Å². The monoisotopic (exact) mass is 280 g/mol. The van der Waals surface area contributed by atoms with Crippen LogP contribution in [0.4, 0.5) is 0 Å². The molecule has 0 amide bonds. The molecule has 4 unspecified atom stereocenters. The highest BCUT2D eigenvalue weighted by Crippen LogP contribution is 2.53. The Morgan fingerprint density at radius 2 is 2.00 bits per heavy atom. The Labute approximate surface area is 116 Å². The van der Waals surface area contributed by atoms with Gasteiger partial charge in [0.15, 0.2) is 5.78 Å². The van der Waals surface area contributed by atoms with Crippen LogP contribution in [-0.4, -0.2) is 45.0 Å². The van der Waals surface area contributed by atoms with Gasteiger partial charge in [0.2, 0.25) is 5.79 Å². The van der Waals surface area contributed by atoms with Gasteiger partial charge in [0.1, 0.15) is 6.10 Å². The molecule has 1 aliphatic heterocycles. The third-order valence-electron chi connectivity index (χ3n) is 4.44. The van der Waals surface area contributed by atoms with Crippen LogP contribution in [-0.2, 0) is 28.5 Å². The van der Waals surface area contributed by atoms with E-state index in [-0.39, 0.29) is 17.8 Å². The van der Waals surface area contributed by atoms with E-state index in [4.69, 9.17) is 18.9 Å². The summed E-state index contributed by atoms with van der Waals surface area (Å²) in [6.45, 7) is 0. The average Bonchev–Trinajstić information content (AvgIpc) is 2.97. The highest BCUT2D eigenvalue weighted by molar-refractivity contribution is 6.00. The molecule has 0 aromatic carbocycles. The van der Waals surface area contributed by atoms with Crippen molar-refractivity contribution < 1.29 is 28.5 Å². The lowest BCUT2D eigenvalue weighted by Crippen LogP contribution is -2.66. The highest BCUT2D eigenvalue weighted by atomic mass is 16.7. The molecule has 1 saturated carbocycles. The Morgan fingerprint density at radius 3 is 2.60 bits per heavy atom. The molecule has 6 nitrogen and oxygen atoms in total. The van der Waals surface area contributed by atoms with Crippen LogP contribution in [0, 0.1) is 17.8 Å². The van der Waals surface area contributed by atoms with Crippen molar-refractivity contribution in [2.75, 3.05) is 21.3 Å². The van der Waals surface area contributed by atoms with E-state index in [1.807, 2.05) is 6.08 Å². The first-order chi connectivity index (χ1) is 9.60. The number of Topliss-reactive ketones (excluding diaryl/α,β-unsaturated/α-hetero) is 1. The summed E-state index contributed by atoms with van der Waals surface area (Å²) in [5.74, 6) is -3.38. The molecule has 1 fully saturated rings. The SMILES string of the molecule is COC(=O)C1=CC2C(=O)C(OC)(OC)C1C1OC=CC21. The van der Waals surface area contributed by atoms with Gasteiger partial charge in [-0.3, -0.25) is 4.79 Å². The van der Waals surface area contributed by atoms with E-state index < -0.39 is 23.6 Å². The molecule has 0 saturated heterocycles. The summed E-state index contributed by atoms with van der Waals surface area (Å²) in [4.78, 5) is 24.6. The Balaban J connectivity index is 2.14. The standard InChI is InChI=1S/C14H16O6/c1-17-13(16)9-6-8-7-4-5-20-11(7)10(9)14(18-2,19-3)12(8)15/h4-8,10-11H,1-3H3. The number of fused-ring (bicyclic) bond motifs is 1. The molecule has 20 heavy (non-hydrogen) atoms. The van der Waals surface area contributed by atoms with Crippen LogP contribution in [0.5, 0.6) is 0 Å². The first-order valence-electron chi connectivity index (χ1n) is 6.37. The molecule has 6 heteroatoms. The minimum atomic E-state index is -1.49. The van der Waals surface area contributed by atoms with Crippen LogP contribution >= 0.6 is 0 Å². The van der Waals surface area contributed by atoms with Crippen molar-refractivity contribution in [3.05, 3.63) is 24.0 Å². The lowest BCUT2D eigenvalue weighted by molar-refractivity contribution is -0.255. The Kier molecular flexibility index (Phi) is 2.95. The second kappa shape index (κ2) is 4.43. The van der Waals surface area contributed by atoms with E-state index in [0.717, 1.165) is 0 Å². The number of hydrogen-bond acceptors (Lipinski definition) is 6. The van der Waals surface area contributed by atoms with Crippen molar-refractivity contribution in [2.24, 2.45) is 17.8 Å². The fourth-order valence-corrected chi connectivity index (χ4v) is 3.55. The van der Waals surface area contributed by atoms with Gasteiger partial charge in [-0.25, -0.2) is 4.79 Å². The molecule has 4 atom stereocenters. The number of ether oxygens (including phenoxy) is 4. The number of carbonyl (C=O) groups excluding carboxylic acids is 2. The number of esters is 1. The largest absolute Gasteiger partial charge is 0.497 e. The minimum Gasteiger partial charge on any atom is -0.497 e. The molecule has 0 radical (unpaired) electrons. The maximum Gasteiger partial charge on any atom is 0.334 e. The second-order valence-corrected chi connectivity index (χ2v) is 5.06. The molecule has 108 valence electrons. The number of methoxy groups -OCH3 is 3.